The zero-order valence-electron chi connectivity index (χ0n) is 12.1. The highest BCUT2D eigenvalue weighted by atomic mass is 16.3. The second kappa shape index (κ2) is 6.59. The smallest absolute Gasteiger partial charge is 0.133 e. The number of anilines is 1. The molecule has 0 spiro atoms. The molecule has 0 aliphatic carbocycles. The minimum Gasteiger partial charge on any atom is -0.506 e. The van der Waals surface area contributed by atoms with Crippen LogP contribution in [0.4, 0.5) is 5.69 Å². The van der Waals surface area contributed by atoms with E-state index >= 15 is 0 Å². The maximum absolute atomic E-state index is 9.18. The molecular weight excluding hydrogens is 262 g/mol. The average molecular weight is 283 g/mol. The first-order valence-corrected chi connectivity index (χ1v) is 7.50. The molecule has 0 saturated carbocycles. The van der Waals surface area contributed by atoms with E-state index in [1.165, 1.54) is 23.9 Å². The summed E-state index contributed by atoms with van der Waals surface area (Å²) in [4.78, 5) is 6.63. The number of nitrogens with one attached hydrogen (secondary N) is 1. The Bertz CT molecular complexity index is 583. The third kappa shape index (κ3) is 3.52. The normalized spacial score (nSPS) is 13.4. The summed E-state index contributed by atoms with van der Waals surface area (Å²) in [6, 6.07) is 12.2. The van der Waals surface area contributed by atoms with Crippen molar-refractivity contribution >= 4 is 5.69 Å². The van der Waals surface area contributed by atoms with E-state index in [0.717, 1.165) is 38.3 Å². The first-order valence-electron chi connectivity index (χ1n) is 7.50. The molecule has 4 heteroatoms. The topological polar surface area (TPSA) is 48.4 Å². The number of pyridine rings is 1. The van der Waals surface area contributed by atoms with Crippen molar-refractivity contribution in [3.63, 3.8) is 0 Å². The van der Waals surface area contributed by atoms with E-state index in [0.29, 0.717) is 0 Å². The maximum atomic E-state index is 9.18. The lowest BCUT2D eigenvalue weighted by Crippen LogP contribution is -2.25. The summed E-state index contributed by atoms with van der Waals surface area (Å²) in [5.41, 5.74) is 3.83. The molecule has 1 aliphatic rings. The SMILES string of the molecule is Oc1ccc(CNCCCN2CCc3ccccc32)nc1. The molecule has 0 unspecified atom stereocenters. The van der Waals surface area contributed by atoms with E-state index in [9.17, 15) is 5.11 Å². The molecule has 0 radical (unpaired) electrons. The van der Waals surface area contributed by atoms with Crippen molar-refractivity contribution in [1.82, 2.24) is 10.3 Å². The van der Waals surface area contributed by atoms with E-state index in [-0.39, 0.29) is 5.75 Å². The zero-order chi connectivity index (χ0) is 14.5. The molecule has 1 aliphatic heterocycles. The van der Waals surface area contributed by atoms with E-state index < -0.39 is 0 Å². The van der Waals surface area contributed by atoms with Gasteiger partial charge in [-0.2, -0.15) is 0 Å². The molecular formula is C17H21N3O. The van der Waals surface area contributed by atoms with Crippen LogP contribution in [0.1, 0.15) is 17.7 Å². The molecule has 0 atom stereocenters. The van der Waals surface area contributed by atoms with Crippen LogP contribution >= 0.6 is 0 Å². The third-order valence-corrected chi connectivity index (χ3v) is 3.88. The molecule has 2 N–H and O–H groups in total. The highest BCUT2D eigenvalue weighted by Gasteiger charge is 2.17. The quantitative estimate of drug-likeness (QED) is 0.799. The van der Waals surface area contributed by atoms with Gasteiger partial charge >= 0.3 is 0 Å². The van der Waals surface area contributed by atoms with Gasteiger partial charge in [-0.05, 0) is 43.1 Å². The minimum absolute atomic E-state index is 0.214. The van der Waals surface area contributed by atoms with Crippen LogP contribution in [0.3, 0.4) is 0 Å². The summed E-state index contributed by atoms with van der Waals surface area (Å²) in [5, 5.41) is 12.6. The van der Waals surface area contributed by atoms with Gasteiger partial charge in [-0.1, -0.05) is 18.2 Å². The van der Waals surface area contributed by atoms with Gasteiger partial charge in [-0.15, -0.1) is 0 Å². The second-order valence-corrected chi connectivity index (χ2v) is 5.40. The number of hydrogen-bond donors (Lipinski definition) is 2. The number of nitrogens with zero attached hydrogens (tertiary/aromatic N) is 2. The van der Waals surface area contributed by atoms with Gasteiger partial charge in [-0.25, -0.2) is 0 Å². The standard InChI is InChI=1S/C17H21N3O/c21-16-7-6-15(19-13-16)12-18-9-3-10-20-11-8-14-4-1-2-5-17(14)20/h1-2,4-7,13,18,21H,3,8-12H2. The summed E-state index contributed by atoms with van der Waals surface area (Å²) >= 11 is 0. The Morgan fingerprint density at radius 3 is 2.95 bits per heavy atom. The van der Waals surface area contributed by atoms with E-state index in [2.05, 4.69) is 39.5 Å². The summed E-state index contributed by atoms with van der Waals surface area (Å²) < 4.78 is 0. The largest absolute Gasteiger partial charge is 0.506 e. The van der Waals surface area contributed by atoms with Crippen molar-refractivity contribution in [2.75, 3.05) is 24.5 Å². The van der Waals surface area contributed by atoms with Crippen LogP contribution in [-0.2, 0) is 13.0 Å². The van der Waals surface area contributed by atoms with Crippen LogP contribution < -0.4 is 10.2 Å². The fraction of sp³-hybridized carbons (Fsp3) is 0.353. The third-order valence-electron chi connectivity index (χ3n) is 3.88. The van der Waals surface area contributed by atoms with Crippen LogP contribution in [0, 0.1) is 0 Å². The molecule has 21 heavy (non-hydrogen) atoms. The van der Waals surface area contributed by atoms with Crippen molar-refractivity contribution in [3.05, 3.63) is 53.9 Å². The number of hydrogen-bond acceptors (Lipinski definition) is 4. The van der Waals surface area contributed by atoms with Gasteiger partial charge in [0.25, 0.3) is 0 Å². The second-order valence-electron chi connectivity index (χ2n) is 5.40. The summed E-state index contributed by atoms with van der Waals surface area (Å²) in [6.07, 6.45) is 3.77. The van der Waals surface area contributed by atoms with Crippen molar-refractivity contribution in [1.29, 1.82) is 0 Å². The van der Waals surface area contributed by atoms with Crippen molar-refractivity contribution in [3.8, 4) is 5.75 Å². The molecule has 2 heterocycles. The predicted octanol–water partition coefficient (Wildman–Crippen LogP) is 2.33. The molecule has 1 aromatic heterocycles. The molecule has 3 rings (SSSR count). The van der Waals surface area contributed by atoms with E-state index in [1.807, 2.05) is 6.07 Å². The molecule has 0 saturated heterocycles. The average Bonchev–Trinajstić information content (AvgIpc) is 2.92. The van der Waals surface area contributed by atoms with Crippen LogP contribution in [0.15, 0.2) is 42.6 Å². The molecule has 0 bridgehead atoms. The lowest BCUT2D eigenvalue weighted by Gasteiger charge is -2.19. The van der Waals surface area contributed by atoms with Gasteiger partial charge in [0.15, 0.2) is 0 Å². The molecule has 0 amide bonds. The zero-order valence-corrected chi connectivity index (χ0v) is 12.1. The van der Waals surface area contributed by atoms with Gasteiger partial charge in [0.1, 0.15) is 5.75 Å². The minimum atomic E-state index is 0.214. The maximum Gasteiger partial charge on any atom is 0.133 e. The highest BCUT2D eigenvalue weighted by molar-refractivity contribution is 5.57. The Morgan fingerprint density at radius 1 is 1.19 bits per heavy atom. The summed E-state index contributed by atoms with van der Waals surface area (Å²) in [6.45, 7) is 3.95. The highest BCUT2D eigenvalue weighted by Crippen LogP contribution is 2.27. The molecule has 0 fully saturated rings. The predicted molar refractivity (Wildman–Crippen MR) is 84.6 cm³/mol. The van der Waals surface area contributed by atoms with Crippen LogP contribution in [0.2, 0.25) is 0 Å². The van der Waals surface area contributed by atoms with Crippen molar-refractivity contribution < 1.29 is 5.11 Å². The fourth-order valence-electron chi connectivity index (χ4n) is 2.77. The van der Waals surface area contributed by atoms with Gasteiger partial charge < -0.3 is 15.3 Å². The summed E-state index contributed by atoms with van der Waals surface area (Å²) in [5.74, 6) is 0.214. The Balaban J connectivity index is 1.38. The molecule has 1 aromatic carbocycles. The van der Waals surface area contributed by atoms with Crippen molar-refractivity contribution in [2.24, 2.45) is 0 Å². The molecule has 110 valence electrons. The van der Waals surface area contributed by atoms with Crippen LogP contribution in [0.25, 0.3) is 0 Å². The van der Waals surface area contributed by atoms with Gasteiger partial charge in [0.2, 0.25) is 0 Å². The Labute approximate surface area is 125 Å². The number of fused-ring (bicyclic) bond motifs is 1. The number of benzene rings is 1. The monoisotopic (exact) mass is 283 g/mol. The summed E-state index contributed by atoms with van der Waals surface area (Å²) in [7, 11) is 0. The molecule has 4 nitrogen and oxygen atoms in total. The Morgan fingerprint density at radius 2 is 2.10 bits per heavy atom. The number of aromatic nitrogens is 1. The van der Waals surface area contributed by atoms with Crippen LogP contribution in [0.5, 0.6) is 5.75 Å². The van der Waals surface area contributed by atoms with Gasteiger partial charge in [0, 0.05) is 25.3 Å². The van der Waals surface area contributed by atoms with Gasteiger partial charge in [-0.3, -0.25) is 4.98 Å². The van der Waals surface area contributed by atoms with Crippen molar-refractivity contribution in [2.45, 2.75) is 19.4 Å². The fourth-order valence-corrected chi connectivity index (χ4v) is 2.77. The Hall–Kier alpha value is -2.07. The van der Waals surface area contributed by atoms with E-state index in [4.69, 9.17) is 0 Å². The number of rotatable bonds is 6. The first-order chi connectivity index (χ1) is 10.3. The van der Waals surface area contributed by atoms with E-state index in [1.54, 1.807) is 6.07 Å². The first kappa shape index (κ1) is 13.9. The number of aromatic hydroxyl groups is 1. The number of para-hydroxylation sites is 1. The molecule has 2 aromatic rings. The lowest BCUT2D eigenvalue weighted by molar-refractivity contribution is 0.471. The van der Waals surface area contributed by atoms with Crippen LogP contribution in [-0.4, -0.2) is 29.7 Å². The lowest BCUT2D eigenvalue weighted by atomic mass is 10.2. The van der Waals surface area contributed by atoms with Gasteiger partial charge in [0.05, 0.1) is 11.9 Å². The Kier molecular flexibility index (Phi) is 4.36.